The Hall–Kier alpha value is -2.04. The minimum atomic E-state index is -0.149. The van der Waals surface area contributed by atoms with E-state index in [2.05, 4.69) is 29.7 Å². The van der Waals surface area contributed by atoms with Crippen molar-refractivity contribution in [3.63, 3.8) is 0 Å². The maximum absolute atomic E-state index is 12.9. The summed E-state index contributed by atoms with van der Waals surface area (Å²) in [6.07, 6.45) is 2.90. The van der Waals surface area contributed by atoms with Gasteiger partial charge in [-0.1, -0.05) is 49.4 Å². The van der Waals surface area contributed by atoms with Gasteiger partial charge < -0.3 is 15.4 Å². The maximum Gasteiger partial charge on any atom is 0.221 e. The zero-order valence-electron chi connectivity index (χ0n) is 17.4. The van der Waals surface area contributed by atoms with Crippen LogP contribution in [0.1, 0.15) is 50.3 Å². The molecule has 1 saturated heterocycles. The molecule has 1 aliphatic rings. The number of benzene rings is 2. The van der Waals surface area contributed by atoms with Gasteiger partial charge in [0.2, 0.25) is 5.91 Å². The number of piperidine rings is 1. The fourth-order valence-corrected chi connectivity index (χ4v) is 4.02. The van der Waals surface area contributed by atoms with Gasteiger partial charge in [-0.2, -0.15) is 0 Å². The van der Waals surface area contributed by atoms with E-state index in [1.807, 2.05) is 49.4 Å². The van der Waals surface area contributed by atoms with Crippen LogP contribution in [-0.2, 0) is 4.79 Å². The Bertz CT molecular complexity index is 730. The van der Waals surface area contributed by atoms with Gasteiger partial charge in [0.15, 0.2) is 0 Å². The second-order valence-electron chi connectivity index (χ2n) is 7.68. The molecule has 4 nitrogen and oxygen atoms in total. The molecule has 29 heavy (non-hydrogen) atoms. The predicted molar refractivity (Wildman–Crippen MR) is 121 cm³/mol. The molecule has 1 aliphatic heterocycles. The Labute approximate surface area is 180 Å². The topological polar surface area (TPSA) is 50.4 Å². The van der Waals surface area contributed by atoms with E-state index in [0.717, 1.165) is 42.8 Å². The van der Waals surface area contributed by atoms with Gasteiger partial charge in [0.25, 0.3) is 0 Å². The van der Waals surface area contributed by atoms with Crippen LogP contribution in [0.2, 0.25) is 0 Å². The first-order valence-electron chi connectivity index (χ1n) is 10.4. The van der Waals surface area contributed by atoms with Gasteiger partial charge >= 0.3 is 0 Å². The van der Waals surface area contributed by atoms with Crippen LogP contribution in [0.25, 0.3) is 0 Å². The van der Waals surface area contributed by atoms with Crippen LogP contribution in [0, 0.1) is 11.8 Å². The Kier molecular flexibility index (Phi) is 9.49. The van der Waals surface area contributed by atoms with Crippen molar-refractivity contribution in [1.82, 2.24) is 10.6 Å². The van der Waals surface area contributed by atoms with Gasteiger partial charge in [-0.25, -0.2) is 0 Å². The Morgan fingerprint density at radius 2 is 1.69 bits per heavy atom. The quantitative estimate of drug-likeness (QED) is 0.653. The molecule has 158 valence electrons. The molecular weight excluding hydrogens is 384 g/mol. The average molecular weight is 417 g/mol. The highest BCUT2D eigenvalue weighted by Crippen LogP contribution is 2.27. The fraction of sp³-hybridized carbons (Fsp3) is 0.458. The smallest absolute Gasteiger partial charge is 0.221 e. The molecule has 2 aromatic carbocycles. The second kappa shape index (κ2) is 11.8. The van der Waals surface area contributed by atoms with E-state index in [-0.39, 0.29) is 24.4 Å². The van der Waals surface area contributed by atoms with E-state index >= 15 is 0 Å². The molecule has 1 fully saturated rings. The summed E-state index contributed by atoms with van der Waals surface area (Å²) in [6, 6.07) is 18.0. The van der Waals surface area contributed by atoms with Crippen LogP contribution >= 0.6 is 12.4 Å². The van der Waals surface area contributed by atoms with E-state index in [4.69, 9.17) is 4.74 Å². The number of amides is 1. The molecule has 1 amide bonds. The van der Waals surface area contributed by atoms with Gasteiger partial charge in [0.05, 0.1) is 12.6 Å². The summed E-state index contributed by atoms with van der Waals surface area (Å²) in [5, 5.41) is 6.68. The van der Waals surface area contributed by atoms with Crippen molar-refractivity contribution < 1.29 is 9.53 Å². The average Bonchev–Trinajstić information content (AvgIpc) is 2.74. The minimum Gasteiger partial charge on any atom is -0.494 e. The number of ether oxygens (including phenoxy) is 1. The van der Waals surface area contributed by atoms with Crippen LogP contribution in [0.4, 0.5) is 0 Å². The minimum absolute atomic E-state index is 0. The Morgan fingerprint density at radius 1 is 1.07 bits per heavy atom. The van der Waals surface area contributed by atoms with Crippen molar-refractivity contribution >= 4 is 18.3 Å². The van der Waals surface area contributed by atoms with Gasteiger partial charge in [-0.05, 0) is 68.0 Å². The number of hydrogen-bond donors (Lipinski definition) is 2. The molecule has 0 bridgehead atoms. The molecule has 2 N–H and O–H groups in total. The molecular formula is C24H33ClN2O2. The van der Waals surface area contributed by atoms with E-state index in [1.54, 1.807) is 0 Å². The third-order valence-electron chi connectivity index (χ3n) is 5.66. The van der Waals surface area contributed by atoms with E-state index in [9.17, 15) is 4.79 Å². The number of rotatable bonds is 8. The van der Waals surface area contributed by atoms with E-state index in [0.29, 0.717) is 24.9 Å². The molecule has 2 unspecified atom stereocenters. The first kappa shape index (κ1) is 23.2. The summed E-state index contributed by atoms with van der Waals surface area (Å²) in [5.74, 6) is 2.00. The lowest BCUT2D eigenvalue weighted by Crippen LogP contribution is -2.35. The molecule has 0 saturated carbocycles. The summed E-state index contributed by atoms with van der Waals surface area (Å²) in [5.41, 5.74) is 2.16. The predicted octanol–water partition coefficient (Wildman–Crippen LogP) is 4.74. The van der Waals surface area contributed by atoms with Gasteiger partial charge in [0.1, 0.15) is 5.75 Å². The lowest BCUT2D eigenvalue weighted by atomic mass is 9.84. The number of hydrogen-bond acceptors (Lipinski definition) is 3. The zero-order valence-corrected chi connectivity index (χ0v) is 18.2. The summed E-state index contributed by atoms with van der Waals surface area (Å²) >= 11 is 0. The highest BCUT2D eigenvalue weighted by Gasteiger charge is 2.24. The summed E-state index contributed by atoms with van der Waals surface area (Å²) in [4.78, 5) is 12.9. The molecule has 5 heteroatoms. The number of carbonyl (C=O) groups excluding carboxylic acids is 1. The normalized spacial score (nSPS) is 16.3. The first-order valence-corrected chi connectivity index (χ1v) is 10.4. The summed E-state index contributed by atoms with van der Waals surface area (Å²) < 4.78 is 5.55. The number of halogens is 1. The van der Waals surface area contributed by atoms with Crippen molar-refractivity contribution in [2.24, 2.45) is 11.8 Å². The SMILES string of the molecule is CCOc1ccc(C(NC(=O)CC(C)C2CCNCC2)c2ccccc2)cc1.Cl. The zero-order chi connectivity index (χ0) is 19.8. The molecule has 0 aliphatic carbocycles. The van der Waals surface area contributed by atoms with Gasteiger partial charge in [0, 0.05) is 6.42 Å². The van der Waals surface area contributed by atoms with Crippen LogP contribution in [0.5, 0.6) is 5.75 Å². The Morgan fingerprint density at radius 3 is 2.31 bits per heavy atom. The highest BCUT2D eigenvalue weighted by atomic mass is 35.5. The highest BCUT2D eigenvalue weighted by molar-refractivity contribution is 5.85. The molecule has 0 spiro atoms. The standard InChI is InChI=1S/C24H32N2O2.ClH/c1-3-28-22-11-9-21(10-12-22)24(20-7-5-4-6-8-20)26-23(27)17-18(2)19-13-15-25-16-14-19;/h4-12,18-19,24-25H,3,13-17H2,1-2H3,(H,26,27);1H. The number of carbonyl (C=O) groups is 1. The maximum atomic E-state index is 12.9. The molecule has 0 aromatic heterocycles. The largest absolute Gasteiger partial charge is 0.494 e. The second-order valence-corrected chi connectivity index (χ2v) is 7.68. The van der Waals surface area contributed by atoms with Gasteiger partial charge in [-0.3, -0.25) is 4.79 Å². The molecule has 3 rings (SSSR count). The van der Waals surface area contributed by atoms with Crippen molar-refractivity contribution in [2.45, 2.75) is 39.2 Å². The molecule has 2 aromatic rings. The van der Waals surface area contributed by atoms with Crippen LogP contribution in [-0.4, -0.2) is 25.6 Å². The van der Waals surface area contributed by atoms with Crippen molar-refractivity contribution in [1.29, 1.82) is 0 Å². The molecule has 0 radical (unpaired) electrons. The summed E-state index contributed by atoms with van der Waals surface area (Å²) in [6.45, 7) is 6.96. The van der Waals surface area contributed by atoms with Crippen molar-refractivity contribution in [3.8, 4) is 5.75 Å². The fourth-order valence-electron chi connectivity index (χ4n) is 4.02. The van der Waals surface area contributed by atoms with Crippen LogP contribution in [0.15, 0.2) is 54.6 Å². The monoisotopic (exact) mass is 416 g/mol. The lowest BCUT2D eigenvalue weighted by Gasteiger charge is -2.28. The summed E-state index contributed by atoms with van der Waals surface area (Å²) in [7, 11) is 0. The molecule has 2 atom stereocenters. The van der Waals surface area contributed by atoms with Crippen molar-refractivity contribution in [3.05, 3.63) is 65.7 Å². The Balaban J connectivity index is 0.00000300. The first-order chi connectivity index (χ1) is 13.7. The third-order valence-corrected chi connectivity index (χ3v) is 5.66. The van der Waals surface area contributed by atoms with Crippen LogP contribution in [0.3, 0.4) is 0 Å². The lowest BCUT2D eigenvalue weighted by molar-refractivity contribution is -0.122. The van der Waals surface area contributed by atoms with Crippen LogP contribution < -0.4 is 15.4 Å². The number of nitrogens with one attached hydrogen (secondary N) is 2. The van der Waals surface area contributed by atoms with Gasteiger partial charge in [-0.15, -0.1) is 12.4 Å². The molecule has 1 heterocycles. The van der Waals surface area contributed by atoms with Crippen molar-refractivity contribution in [2.75, 3.05) is 19.7 Å². The van der Waals surface area contributed by atoms with E-state index < -0.39 is 0 Å². The third kappa shape index (κ3) is 6.76. The van der Waals surface area contributed by atoms with E-state index in [1.165, 1.54) is 0 Å².